The normalized spacial score (nSPS) is 19.9. The van der Waals surface area contributed by atoms with Gasteiger partial charge in [-0.3, -0.25) is 4.79 Å². The van der Waals surface area contributed by atoms with Crippen LogP contribution >= 0.6 is 15.9 Å². The summed E-state index contributed by atoms with van der Waals surface area (Å²) in [6.45, 7) is 4.25. The number of imidazole rings is 1. The highest BCUT2D eigenvalue weighted by Gasteiger charge is 2.26. The lowest BCUT2D eigenvalue weighted by atomic mass is 10.2. The monoisotopic (exact) mass is 309 g/mol. The van der Waals surface area contributed by atoms with Gasteiger partial charge in [0.1, 0.15) is 10.4 Å². The van der Waals surface area contributed by atoms with Crippen LogP contribution in [0.15, 0.2) is 22.4 Å². The Morgan fingerprint density at radius 2 is 2.28 bits per heavy atom. The number of amides is 1. The van der Waals surface area contributed by atoms with Crippen molar-refractivity contribution in [2.45, 2.75) is 32.9 Å². The van der Waals surface area contributed by atoms with Crippen molar-refractivity contribution in [1.29, 1.82) is 0 Å². The maximum absolute atomic E-state index is 12.2. The topological polar surface area (TPSA) is 38.1 Å². The second-order valence-electron chi connectivity index (χ2n) is 5.07. The summed E-state index contributed by atoms with van der Waals surface area (Å²) in [5.41, 5.74) is 1.23. The summed E-state index contributed by atoms with van der Waals surface area (Å²) in [6.07, 6.45) is 6.10. The number of fused-ring (bicyclic) bond motifs is 1. The molecule has 0 saturated heterocycles. The van der Waals surface area contributed by atoms with E-state index in [9.17, 15) is 4.79 Å². The first-order chi connectivity index (χ1) is 8.65. The number of aromatic nitrogens is 2. The van der Waals surface area contributed by atoms with Crippen LogP contribution in [0.2, 0.25) is 0 Å². The lowest BCUT2D eigenvalue weighted by molar-refractivity contribution is -0.127. The average molecular weight is 310 g/mol. The zero-order valence-corrected chi connectivity index (χ0v) is 12.0. The van der Waals surface area contributed by atoms with Crippen LogP contribution in [0.4, 0.5) is 0 Å². The van der Waals surface area contributed by atoms with Gasteiger partial charge in [0.15, 0.2) is 0 Å². The number of hydrogen-bond donors (Lipinski definition) is 0. The number of hydrogen-bond acceptors (Lipinski definition) is 2. The Morgan fingerprint density at radius 3 is 3.00 bits per heavy atom. The van der Waals surface area contributed by atoms with Crippen molar-refractivity contribution in [2.75, 3.05) is 6.54 Å². The summed E-state index contributed by atoms with van der Waals surface area (Å²) >= 11 is 3.46. The molecule has 0 N–H and O–H groups in total. The lowest BCUT2D eigenvalue weighted by Crippen LogP contribution is -2.37. The van der Waals surface area contributed by atoms with Gasteiger partial charge < -0.3 is 9.47 Å². The van der Waals surface area contributed by atoms with Crippen molar-refractivity contribution in [1.82, 2.24) is 14.5 Å². The van der Waals surface area contributed by atoms with Crippen molar-refractivity contribution in [3.63, 3.8) is 0 Å². The molecule has 1 fully saturated rings. The third kappa shape index (κ3) is 2.23. The van der Waals surface area contributed by atoms with E-state index in [4.69, 9.17) is 0 Å². The van der Waals surface area contributed by atoms with E-state index in [0.717, 1.165) is 23.5 Å². The first-order valence-electron chi connectivity index (χ1n) is 6.32. The van der Waals surface area contributed by atoms with Gasteiger partial charge in [-0.15, -0.1) is 0 Å². The fraction of sp³-hybridized carbons (Fsp3) is 0.538. The van der Waals surface area contributed by atoms with Crippen LogP contribution in [-0.4, -0.2) is 26.9 Å². The summed E-state index contributed by atoms with van der Waals surface area (Å²) < 4.78 is 3.11. The Morgan fingerprint density at radius 1 is 1.50 bits per heavy atom. The van der Waals surface area contributed by atoms with Crippen LogP contribution in [0.5, 0.6) is 0 Å². The molecule has 4 nitrogen and oxygen atoms in total. The Hall–Kier alpha value is -1.10. The zero-order chi connectivity index (χ0) is 12.7. The molecule has 1 aromatic heterocycles. The largest absolute Gasteiger partial charge is 0.330 e. The molecule has 0 atom stereocenters. The highest BCUT2D eigenvalue weighted by atomic mass is 79.9. The van der Waals surface area contributed by atoms with Crippen LogP contribution in [0.1, 0.15) is 25.6 Å². The van der Waals surface area contributed by atoms with Gasteiger partial charge in [-0.1, -0.05) is 5.57 Å². The van der Waals surface area contributed by atoms with Crippen molar-refractivity contribution in [2.24, 2.45) is 5.92 Å². The summed E-state index contributed by atoms with van der Waals surface area (Å²) in [5, 5.41) is 0. The maximum Gasteiger partial charge on any atom is 0.246 e. The molecule has 0 unspecified atom stereocenters. The minimum absolute atomic E-state index is 0.129. The Balaban J connectivity index is 1.71. The van der Waals surface area contributed by atoms with Gasteiger partial charge in [0.2, 0.25) is 5.91 Å². The first kappa shape index (κ1) is 12.0. The summed E-state index contributed by atoms with van der Waals surface area (Å²) in [7, 11) is 0. The van der Waals surface area contributed by atoms with Crippen molar-refractivity contribution >= 4 is 21.8 Å². The predicted molar refractivity (Wildman–Crippen MR) is 71.8 cm³/mol. The average Bonchev–Trinajstić information content (AvgIpc) is 3.15. The smallest absolute Gasteiger partial charge is 0.246 e. The fourth-order valence-electron chi connectivity index (χ4n) is 2.35. The summed E-state index contributed by atoms with van der Waals surface area (Å²) in [5.74, 6) is 1.75. The Kier molecular flexibility index (Phi) is 3.01. The first-order valence-corrected chi connectivity index (χ1v) is 7.11. The number of rotatable bonds is 2. The van der Waals surface area contributed by atoms with Crippen LogP contribution < -0.4 is 0 Å². The second-order valence-corrected chi connectivity index (χ2v) is 5.88. The molecule has 1 aromatic rings. The van der Waals surface area contributed by atoms with E-state index in [1.165, 1.54) is 18.4 Å². The van der Waals surface area contributed by atoms with Gasteiger partial charge in [-0.05, 0) is 41.6 Å². The quantitative estimate of drug-likeness (QED) is 0.787. The number of carbonyl (C=O) groups excluding carboxylic acids is 1. The van der Waals surface area contributed by atoms with Crippen molar-refractivity contribution in [3.8, 4) is 0 Å². The molecular formula is C13H16BrN3O. The summed E-state index contributed by atoms with van der Waals surface area (Å²) in [4.78, 5) is 18.4. The van der Waals surface area contributed by atoms with E-state index in [1.807, 2.05) is 11.0 Å². The molecule has 0 radical (unpaired) electrons. The van der Waals surface area contributed by atoms with E-state index in [1.54, 1.807) is 6.20 Å². The van der Waals surface area contributed by atoms with Crippen molar-refractivity contribution < 1.29 is 4.79 Å². The van der Waals surface area contributed by atoms with Crippen LogP contribution in [0, 0.1) is 5.92 Å². The highest BCUT2D eigenvalue weighted by molar-refractivity contribution is 9.10. The van der Waals surface area contributed by atoms with Crippen LogP contribution in [0.25, 0.3) is 0 Å². The fourth-order valence-corrected chi connectivity index (χ4v) is 2.84. The standard InChI is InChI=1S/C13H16BrN3O/c1-9(10-2-3-10)6-13(18)16-4-5-17-11(14)7-15-12(17)8-16/h6-7,10H,2-5,8H2,1H3/b9-6+. The van der Waals surface area contributed by atoms with Crippen LogP contribution in [-0.2, 0) is 17.9 Å². The lowest BCUT2D eigenvalue weighted by Gasteiger charge is -2.27. The van der Waals surface area contributed by atoms with E-state index in [0.29, 0.717) is 12.5 Å². The third-order valence-electron chi connectivity index (χ3n) is 3.70. The molecule has 0 spiro atoms. The number of nitrogens with zero attached hydrogens (tertiary/aromatic N) is 3. The molecule has 18 heavy (non-hydrogen) atoms. The van der Waals surface area contributed by atoms with E-state index >= 15 is 0 Å². The second kappa shape index (κ2) is 4.53. The molecule has 0 aromatic carbocycles. The van der Waals surface area contributed by atoms with Crippen molar-refractivity contribution in [3.05, 3.63) is 28.3 Å². The van der Waals surface area contributed by atoms with Gasteiger partial charge in [0, 0.05) is 19.2 Å². The molecule has 2 aliphatic rings. The Bertz CT molecular complexity index is 516. The third-order valence-corrected chi connectivity index (χ3v) is 4.33. The SMILES string of the molecule is C/C(=C\C(=O)N1CCn2c(Br)cnc2C1)C1CC1. The molecule has 3 rings (SSSR count). The number of carbonyl (C=O) groups is 1. The van der Waals surface area contributed by atoms with Gasteiger partial charge in [-0.2, -0.15) is 0 Å². The van der Waals surface area contributed by atoms with Gasteiger partial charge in [-0.25, -0.2) is 4.98 Å². The molecular weight excluding hydrogens is 294 g/mol. The number of allylic oxidation sites excluding steroid dienone is 1. The molecule has 5 heteroatoms. The Labute approximate surface area is 115 Å². The predicted octanol–water partition coefficient (Wildman–Crippen LogP) is 2.34. The molecule has 1 saturated carbocycles. The molecule has 2 heterocycles. The van der Waals surface area contributed by atoms with Crippen LogP contribution in [0.3, 0.4) is 0 Å². The van der Waals surface area contributed by atoms with E-state index in [-0.39, 0.29) is 5.91 Å². The molecule has 1 amide bonds. The highest BCUT2D eigenvalue weighted by Crippen LogP contribution is 2.36. The maximum atomic E-state index is 12.2. The number of halogens is 1. The van der Waals surface area contributed by atoms with E-state index < -0.39 is 0 Å². The molecule has 96 valence electrons. The van der Waals surface area contributed by atoms with Gasteiger partial charge in [0.25, 0.3) is 0 Å². The molecule has 1 aliphatic heterocycles. The van der Waals surface area contributed by atoms with Gasteiger partial charge >= 0.3 is 0 Å². The van der Waals surface area contributed by atoms with Gasteiger partial charge in [0.05, 0.1) is 12.7 Å². The minimum atomic E-state index is 0.129. The molecule has 0 bridgehead atoms. The zero-order valence-electron chi connectivity index (χ0n) is 10.4. The van der Waals surface area contributed by atoms with E-state index in [2.05, 4.69) is 32.4 Å². The minimum Gasteiger partial charge on any atom is -0.330 e. The summed E-state index contributed by atoms with van der Waals surface area (Å²) in [6, 6.07) is 0. The molecule has 1 aliphatic carbocycles.